The summed E-state index contributed by atoms with van der Waals surface area (Å²) in [6, 6.07) is 13.3. The number of methoxy groups -OCH3 is 1. The molecule has 2 aromatic carbocycles. The van der Waals surface area contributed by atoms with E-state index in [4.69, 9.17) is 19.9 Å². The molecule has 0 saturated heterocycles. The van der Waals surface area contributed by atoms with E-state index in [1.807, 2.05) is 36.4 Å². The number of carbonyl (C=O) groups excluding carboxylic acids is 1. The third-order valence-electron chi connectivity index (χ3n) is 4.06. The quantitative estimate of drug-likeness (QED) is 0.385. The van der Waals surface area contributed by atoms with Crippen molar-refractivity contribution in [3.63, 3.8) is 0 Å². The molecule has 0 bridgehead atoms. The molecule has 0 atom stereocenters. The van der Waals surface area contributed by atoms with Crippen LogP contribution in [0.5, 0.6) is 17.2 Å². The Hall–Kier alpha value is -3.19. The molecule has 1 heterocycles. The van der Waals surface area contributed by atoms with Crippen LogP contribution in [0.15, 0.2) is 65.0 Å². The van der Waals surface area contributed by atoms with E-state index in [1.54, 1.807) is 25.3 Å². The predicted octanol–water partition coefficient (Wildman–Crippen LogP) is 3.81. The maximum atomic E-state index is 11.7. The van der Waals surface area contributed by atoms with Gasteiger partial charge in [-0.25, -0.2) is 0 Å². The average Bonchev–Trinajstić information content (AvgIpc) is 3.04. The summed E-state index contributed by atoms with van der Waals surface area (Å²) in [6.07, 6.45) is 4.32. The van der Waals surface area contributed by atoms with Crippen molar-refractivity contribution >= 4 is 28.9 Å². The van der Waals surface area contributed by atoms with Gasteiger partial charge in [0.2, 0.25) is 0 Å². The van der Waals surface area contributed by atoms with Crippen molar-refractivity contribution in [3.8, 4) is 17.2 Å². The fraction of sp³-hybridized carbons (Fsp3) is 0.182. The Balaban J connectivity index is 1.60. The SMILES string of the molecule is C=CCc1ccccc1OCCOc1ccc(/C=C2\SC(N)=NC2=O)cc1OC. The second-order valence-corrected chi connectivity index (χ2v) is 7.14. The third kappa shape index (κ3) is 5.42. The van der Waals surface area contributed by atoms with E-state index in [1.165, 1.54) is 0 Å². The largest absolute Gasteiger partial charge is 0.493 e. The lowest BCUT2D eigenvalue weighted by Crippen LogP contribution is -2.10. The van der Waals surface area contributed by atoms with Gasteiger partial charge in [-0.15, -0.1) is 6.58 Å². The minimum Gasteiger partial charge on any atom is -0.493 e. The Morgan fingerprint density at radius 1 is 1.10 bits per heavy atom. The van der Waals surface area contributed by atoms with Gasteiger partial charge >= 0.3 is 0 Å². The first-order valence-electron chi connectivity index (χ1n) is 9.01. The van der Waals surface area contributed by atoms with E-state index in [0.29, 0.717) is 29.6 Å². The number of rotatable bonds is 9. The molecule has 6 nitrogen and oxygen atoms in total. The zero-order valence-corrected chi connectivity index (χ0v) is 16.9. The number of para-hydroxylation sites is 1. The maximum Gasteiger partial charge on any atom is 0.286 e. The van der Waals surface area contributed by atoms with Gasteiger partial charge in [0.1, 0.15) is 19.0 Å². The van der Waals surface area contributed by atoms with Gasteiger partial charge in [-0.05, 0) is 53.6 Å². The third-order valence-corrected chi connectivity index (χ3v) is 4.87. The van der Waals surface area contributed by atoms with Crippen molar-refractivity contribution in [2.24, 2.45) is 10.7 Å². The second-order valence-electron chi connectivity index (χ2n) is 6.07. The molecule has 7 heteroatoms. The zero-order chi connectivity index (χ0) is 20.6. The number of nitrogens with zero attached hydrogens (tertiary/aromatic N) is 1. The number of allylic oxidation sites excluding steroid dienone is 1. The Labute approximate surface area is 174 Å². The number of amides is 1. The fourth-order valence-electron chi connectivity index (χ4n) is 2.74. The Kier molecular flexibility index (Phi) is 6.97. The summed E-state index contributed by atoms with van der Waals surface area (Å²) in [7, 11) is 1.57. The highest BCUT2D eigenvalue weighted by Gasteiger charge is 2.19. The van der Waals surface area contributed by atoms with E-state index in [0.717, 1.165) is 35.1 Å². The number of nitrogens with two attached hydrogens (primary N) is 1. The molecule has 0 fully saturated rings. The normalized spacial score (nSPS) is 14.6. The summed E-state index contributed by atoms with van der Waals surface area (Å²) in [6.45, 7) is 4.52. The number of thioether (sulfide) groups is 1. The molecule has 150 valence electrons. The second kappa shape index (κ2) is 9.84. The van der Waals surface area contributed by atoms with E-state index < -0.39 is 0 Å². The van der Waals surface area contributed by atoms with Gasteiger partial charge in [0.25, 0.3) is 5.91 Å². The lowest BCUT2D eigenvalue weighted by atomic mass is 10.1. The van der Waals surface area contributed by atoms with E-state index in [-0.39, 0.29) is 11.1 Å². The highest BCUT2D eigenvalue weighted by molar-refractivity contribution is 8.18. The van der Waals surface area contributed by atoms with E-state index in [2.05, 4.69) is 11.6 Å². The number of carbonyl (C=O) groups is 1. The number of hydrogen-bond acceptors (Lipinski definition) is 6. The number of ether oxygens (including phenoxy) is 3. The summed E-state index contributed by atoms with van der Waals surface area (Å²) >= 11 is 1.15. The fourth-order valence-corrected chi connectivity index (χ4v) is 3.42. The molecular formula is C22H22N2O4S. The minimum atomic E-state index is -0.333. The number of aliphatic imine (C=N–C) groups is 1. The Morgan fingerprint density at radius 2 is 1.86 bits per heavy atom. The van der Waals surface area contributed by atoms with Crippen LogP contribution < -0.4 is 19.9 Å². The van der Waals surface area contributed by atoms with Crippen LogP contribution in [-0.2, 0) is 11.2 Å². The molecule has 2 N–H and O–H groups in total. The summed E-state index contributed by atoms with van der Waals surface area (Å²) in [5, 5.41) is 0.253. The molecule has 2 aromatic rings. The van der Waals surface area contributed by atoms with Crippen molar-refractivity contribution in [1.82, 2.24) is 0 Å². The van der Waals surface area contributed by atoms with E-state index >= 15 is 0 Å². The lowest BCUT2D eigenvalue weighted by molar-refractivity contribution is -0.113. The highest BCUT2D eigenvalue weighted by Crippen LogP contribution is 2.31. The maximum absolute atomic E-state index is 11.7. The molecule has 0 saturated carbocycles. The predicted molar refractivity (Wildman–Crippen MR) is 117 cm³/mol. The zero-order valence-electron chi connectivity index (χ0n) is 16.1. The molecule has 3 rings (SSSR count). The number of hydrogen-bond donors (Lipinski definition) is 1. The first-order valence-corrected chi connectivity index (χ1v) is 9.83. The number of benzene rings is 2. The molecule has 1 aliphatic rings. The highest BCUT2D eigenvalue weighted by atomic mass is 32.2. The van der Waals surface area contributed by atoms with Gasteiger partial charge in [0.15, 0.2) is 16.7 Å². The monoisotopic (exact) mass is 410 g/mol. The van der Waals surface area contributed by atoms with Crippen LogP contribution in [0.3, 0.4) is 0 Å². The molecule has 0 radical (unpaired) electrons. The van der Waals surface area contributed by atoms with Crippen molar-refractivity contribution in [2.45, 2.75) is 6.42 Å². The van der Waals surface area contributed by atoms with Gasteiger partial charge in [-0.1, -0.05) is 30.3 Å². The topological polar surface area (TPSA) is 83.1 Å². The molecule has 29 heavy (non-hydrogen) atoms. The van der Waals surface area contributed by atoms with Crippen LogP contribution in [-0.4, -0.2) is 31.4 Å². The molecule has 0 aromatic heterocycles. The number of amidine groups is 1. The van der Waals surface area contributed by atoms with Gasteiger partial charge in [-0.3, -0.25) is 4.79 Å². The molecule has 1 aliphatic heterocycles. The minimum absolute atomic E-state index is 0.253. The van der Waals surface area contributed by atoms with Crippen molar-refractivity contribution in [2.75, 3.05) is 20.3 Å². The van der Waals surface area contributed by atoms with Crippen molar-refractivity contribution < 1.29 is 19.0 Å². The van der Waals surface area contributed by atoms with Crippen LogP contribution in [0, 0.1) is 0 Å². The van der Waals surface area contributed by atoms with Crippen LogP contribution in [0.25, 0.3) is 6.08 Å². The molecule has 0 aliphatic carbocycles. The van der Waals surface area contributed by atoms with Crippen molar-refractivity contribution in [1.29, 1.82) is 0 Å². The van der Waals surface area contributed by atoms with Gasteiger partial charge in [0.05, 0.1) is 12.0 Å². The first kappa shape index (κ1) is 20.5. The molecule has 0 unspecified atom stereocenters. The van der Waals surface area contributed by atoms with Gasteiger partial charge in [0, 0.05) is 0 Å². The smallest absolute Gasteiger partial charge is 0.286 e. The summed E-state index contributed by atoms with van der Waals surface area (Å²) in [4.78, 5) is 15.9. The lowest BCUT2D eigenvalue weighted by Gasteiger charge is -2.13. The van der Waals surface area contributed by atoms with E-state index in [9.17, 15) is 4.79 Å². The van der Waals surface area contributed by atoms with Gasteiger partial charge < -0.3 is 19.9 Å². The van der Waals surface area contributed by atoms with Crippen molar-refractivity contribution in [3.05, 3.63) is 71.2 Å². The molecule has 1 amide bonds. The Morgan fingerprint density at radius 3 is 2.55 bits per heavy atom. The van der Waals surface area contributed by atoms with Crippen LogP contribution >= 0.6 is 11.8 Å². The summed E-state index contributed by atoms with van der Waals surface area (Å²) in [5.74, 6) is 1.65. The van der Waals surface area contributed by atoms with Crippen LogP contribution in [0.2, 0.25) is 0 Å². The van der Waals surface area contributed by atoms with Gasteiger partial charge in [-0.2, -0.15) is 4.99 Å². The first-order chi connectivity index (χ1) is 14.1. The summed E-state index contributed by atoms with van der Waals surface area (Å²) in [5.41, 5.74) is 7.46. The summed E-state index contributed by atoms with van der Waals surface area (Å²) < 4.78 is 17.1. The average molecular weight is 410 g/mol. The molecular weight excluding hydrogens is 388 g/mol. The standard InChI is InChI=1S/C22H22N2O4S/c1-3-6-16-7-4-5-8-17(16)27-11-12-28-18-10-9-15(13-19(18)26-2)14-20-21(25)24-22(23)29-20/h3-5,7-10,13-14H,1,6,11-12H2,2H3,(H2,23,24,25)/b20-14-. The molecule has 0 spiro atoms. The van der Waals surface area contributed by atoms with Crippen LogP contribution in [0.1, 0.15) is 11.1 Å². The van der Waals surface area contributed by atoms with Crippen LogP contribution in [0.4, 0.5) is 0 Å². The Bertz CT molecular complexity index is 969.